The van der Waals surface area contributed by atoms with E-state index in [0.717, 1.165) is 72.3 Å². The van der Waals surface area contributed by atoms with Crippen LogP contribution in [0, 0.1) is 0 Å². The quantitative estimate of drug-likeness (QED) is 0.166. The lowest BCUT2D eigenvalue weighted by Gasteiger charge is -2.13. The van der Waals surface area contributed by atoms with Crippen molar-refractivity contribution in [3.63, 3.8) is 0 Å². The number of rotatable bonds is 7. The number of hydrogen-bond acceptors (Lipinski definition) is 3. The Morgan fingerprint density at radius 3 is 1.29 bits per heavy atom. The van der Waals surface area contributed by atoms with Crippen molar-refractivity contribution >= 4 is 21.9 Å². The topological polar surface area (TPSA) is 38.9 Å². The molecule has 0 radical (unpaired) electrons. The number of benzene rings is 8. The molecule has 0 atom stereocenters. The fraction of sp³-hybridized carbons (Fsp3) is 0. The highest BCUT2D eigenvalue weighted by atomic mass is 16.3. The van der Waals surface area contributed by atoms with Crippen LogP contribution in [-0.2, 0) is 0 Å². The van der Waals surface area contributed by atoms with E-state index in [1.165, 1.54) is 22.3 Å². The van der Waals surface area contributed by atoms with E-state index in [9.17, 15) is 0 Å². The van der Waals surface area contributed by atoms with Gasteiger partial charge < -0.3 is 4.42 Å². The van der Waals surface area contributed by atoms with E-state index in [2.05, 4.69) is 182 Å². The van der Waals surface area contributed by atoms with Crippen LogP contribution in [0.2, 0.25) is 0 Å². The van der Waals surface area contributed by atoms with Crippen LogP contribution in [0.25, 0.3) is 100 Å². The molecule has 10 rings (SSSR count). The molecule has 10 aromatic rings. The molecule has 0 amide bonds. The molecule has 55 heavy (non-hydrogen) atoms. The maximum Gasteiger partial charge on any atom is 0.160 e. The minimum absolute atomic E-state index is 0.664. The van der Waals surface area contributed by atoms with Gasteiger partial charge in [0.15, 0.2) is 5.82 Å². The third-order valence-corrected chi connectivity index (χ3v) is 10.3. The van der Waals surface area contributed by atoms with Gasteiger partial charge in [-0.05, 0) is 93.0 Å². The first-order valence-electron chi connectivity index (χ1n) is 18.6. The Balaban J connectivity index is 1.08. The molecule has 0 saturated carbocycles. The summed E-state index contributed by atoms with van der Waals surface area (Å²) in [6, 6.07) is 72.3. The molecule has 8 aromatic carbocycles. The van der Waals surface area contributed by atoms with Crippen molar-refractivity contribution in [3.05, 3.63) is 206 Å². The second-order valence-corrected chi connectivity index (χ2v) is 13.8. The van der Waals surface area contributed by atoms with Gasteiger partial charge in [0, 0.05) is 27.5 Å². The normalized spacial score (nSPS) is 11.3. The molecule has 0 aliphatic heterocycles. The molecule has 0 aliphatic rings. The highest BCUT2D eigenvalue weighted by molar-refractivity contribution is 6.05. The van der Waals surface area contributed by atoms with Crippen LogP contribution in [0.15, 0.2) is 211 Å². The van der Waals surface area contributed by atoms with Crippen molar-refractivity contribution in [1.82, 2.24) is 9.97 Å². The molecule has 0 aliphatic carbocycles. The average molecular weight is 703 g/mol. The number of aromatic nitrogens is 2. The number of nitrogens with zero attached hydrogens (tertiary/aromatic N) is 2. The minimum Gasteiger partial charge on any atom is -0.456 e. The van der Waals surface area contributed by atoms with Crippen LogP contribution in [0.3, 0.4) is 0 Å². The van der Waals surface area contributed by atoms with Crippen molar-refractivity contribution in [1.29, 1.82) is 0 Å². The number of para-hydroxylation sites is 1. The summed E-state index contributed by atoms with van der Waals surface area (Å²) >= 11 is 0. The van der Waals surface area contributed by atoms with Crippen molar-refractivity contribution in [3.8, 4) is 78.4 Å². The lowest BCUT2D eigenvalue weighted by atomic mass is 9.93. The van der Waals surface area contributed by atoms with Gasteiger partial charge in [-0.3, -0.25) is 0 Å². The van der Waals surface area contributed by atoms with E-state index in [4.69, 9.17) is 14.4 Å². The molecule has 0 saturated heterocycles. The fourth-order valence-electron chi connectivity index (χ4n) is 7.45. The lowest BCUT2D eigenvalue weighted by molar-refractivity contribution is 0.669. The summed E-state index contributed by atoms with van der Waals surface area (Å²) < 4.78 is 6.29. The maximum atomic E-state index is 6.29. The van der Waals surface area contributed by atoms with Crippen molar-refractivity contribution in [2.75, 3.05) is 0 Å². The molecule has 0 spiro atoms. The SMILES string of the molecule is c1ccc(-c2cc(-c3ccccc3)cc(-c3ccc(-c4nc(-c5cccc(-c6ccccc6)c5)cc(-c5ccc6c(c5)oc5ccccc56)n4)cc3)c2)cc1. The van der Waals surface area contributed by atoms with Gasteiger partial charge in [0.05, 0.1) is 11.4 Å². The molecule has 258 valence electrons. The summed E-state index contributed by atoms with van der Waals surface area (Å²) in [6.45, 7) is 0. The first kappa shape index (κ1) is 32.3. The van der Waals surface area contributed by atoms with Gasteiger partial charge >= 0.3 is 0 Å². The van der Waals surface area contributed by atoms with Crippen LogP contribution in [0.5, 0.6) is 0 Å². The summed E-state index contributed by atoms with van der Waals surface area (Å²) in [5, 5.41) is 2.20. The van der Waals surface area contributed by atoms with Crippen molar-refractivity contribution in [2.45, 2.75) is 0 Å². The fourth-order valence-corrected chi connectivity index (χ4v) is 7.45. The predicted molar refractivity (Wildman–Crippen MR) is 227 cm³/mol. The predicted octanol–water partition coefficient (Wildman–Crippen LogP) is 14.0. The van der Waals surface area contributed by atoms with E-state index < -0.39 is 0 Å². The summed E-state index contributed by atoms with van der Waals surface area (Å²) in [4.78, 5) is 10.4. The summed E-state index contributed by atoms with van der Waals surface area (Å²) in [7, 11) is 0. The van der Waals surface area contributed by atoms with E-state index in [1.807, 2.05) is 24.3 Å². The Labute approximate surface area is 319 Å². The molecular weight excluding hydrogens is 669 g/mol. The standard InChI is InChI=1S/C52H34N2O/c1-4-13-35(14-5-1)40-19-12-20-41(29-40)48-34-49(42-27-28-47-46-21-10-11-22-50(46)55-51(47)33-42)54-52(53-48)39-25-23-38(24-26-39)45-31-43(36-15-6-2-7-16-36)30-44(32-45)37-17-8-3-9-18-37/h1-34H. The zero-order valence-electron chi connectivity index (χ0n) is 29.9. The van der Waals surface area contributed by atoms with Gasteiger partial charge in [-0.15, -0.1) is 0 Å². The van der Waals surface area contributed by atoms with Crippen LogP contribution >= 0.6 is 0 Å². The van der Waals surface area contributed by atoms with Gasteiger partial charge in [-0.25, -0.2) is 9.97 Å². The number of hydrogen-bond donors (Lipinski definition) is 0. The highest BCUT2D eigenvalue weighted by Crippen LogP contribution is 2.36. The van der Waals surface area contributed by atoms with Crippen LogP contribution in [0.1, 0.15) is 0 Å². The summed E-state index contributed by atoms with van der Waals surface area (Å²) in [6.07, 6.45) is 0. The highest BCUT2D eigenvalue weighted by Gasteiger charge is 2.15. The molecule has 0 fully saturated rings. The van der Waals surface area contributed by atoms with Gasteiger partial charge in [0.2, 0.25) is 0 Å². The molecule has 0 N–H and O–H groups in total. The Morgan fingerprint density at radius 1 is 0.255 bits per heavy atom. The van der Waals surface area contributed by atoms with Crippen LogP contribution < -0.4 is 0 Å². The average Bonchev–Trinajstić information content (AvgIpc) is 3.65. The summed E-state index contributed by atoms with van der Waals surface area (Å²) in [5.41, 5.74) is 15.7. The van der Waals surface area contributed by atoms with Gasteiger partial charge in [0.1, 0.15) is 11.2 Å². The Kier molecular flexibility index (Phi) is 8.16. The van der Waals surface area contributed by atoms with Gasteiger partial charge in [-0.1, -0.05) is 158 Å². The second kappa shape index (κ2) is 13.9. The van der Waals surface area contributed by atoms with Crippen LogP contribution in [-0.4, -0.2) is 9.97 Å². The number of fused-ring (bicyclic) bond motifs is 3. The largest absolute Gasteiger partial charge is 0.456 e. The smallest absolute Gasteiger partial charge is 0.160 e. The Bertz CT molecular complexity index is 2890. The first-order chi connectivity index (χ1) is 27.2. The maximum absolute atomic E-state index is 6.29. The van der Waals surface area contributed by atoms with E-state index in [-0.39, 0.29) is 0 Å². The van der Waals surface area contributed by atoms with E-state index >= 15 is 0 Å². The molecule has 3 heteroatoms. The Morgan fingerprint density at radius 2 is 0.673 bits per heavy atom. The molecule has 3 nitrogen and oxygen atoms in total. The van der Waals surface area contributed by atoms with Crippen LogP contribution in [0.4, 0.5) is 0 Å². The Hall–Kier alpha value is -7.36. The third kappa shape index (κ3) is 6.39. The van der Waals surface area contributed by atoms with Crippen molar-refractivity contribution in [2.24, 2.45) is 0 Å². The van der Waals surface area contributed by atoms with E-state index in [1.54, 1.807) is 0 Å². The van der Waals surface area contributed by atoms with Gasteiger partial charge in [0.25, 0.3) is 0 Å². The second-order valence-electron chi connectivity index (χ2n) is 13.8. The third-order valence-electron chi connectivity index (χ3n) is 10.3. The molecule has 2 aromatic heterocycles. The van der Waals surface area contributed by atoms with Crippen molar-refractivity contribution < 1.29 is 4.42 Å². The molecular formula is C52H34N2O. The molecule has 0 bridgehead atoms. The minimum atomic E-state index is 0.664. The molecule has 0 unspecified atom stereocenters. The molecule has 2 heterocycles. The monoisotopic (exact) mass is 702 g/mol. The zero-order chi connectivity index (χ0) is 36.6. The summed E-state index contributed by atoms with van der Waals surface area (Å²) in [5.74, 6) is 0.664. The number of furan rings is 1. The first-order valence-corrected chi connectivity index (χ1v) is 18.6. The zero-order valence-corrected chi connectivity index (χ0v) is 29.9. The van der Waals surface area contributed by atoms with E-state index in [0.29, 0.717) is 5.82 Å². The van der Waals surface area contributed by atoms with Gasteiger partial charge in [-0.2, -0.15) is 0 Å². The lowest BCUT2D eigenvalue weighted by Crippen LogP contribution is -1.96.